The van der Waals surface area contributed by atoms with E-state index >= 15 is 0 Å². The summed E-state index contributed by atoms with van der Waals surface area (Å²) in [6, 6.07) is 22.9. The molecule has 0 aliphatic carbocycles. The second-order valence-electron chi connectivity index (χ2n) is 8.44. The maximum absolute atomic E-state index is 13.5. The third-order valence-corrected chi connectivity index (χ3v) is 9.35. The van der Waals surface area contributed by atoms with Gasteiger partial charge in [0.1, 0.15) is 23.3 Å². The number of aryl methyl sites for hydroxylation is 1. The molecule has 1 atom stereocenters. The van der Waals surface area contributed by atoms with Crippen LogP contribution >= 0.6 is 18.5 Å². The van der Waals surface area contributed by atoms with E-state index in [4.69, 9.17) is 4.42 Å². The molecule has 2 aromatic carbocycles. The number of furan rings is 1. The lowest BCUT2D eigenvalue weighted by molar-refractivity contribution is 0.0701. The molecule has 5 nitrogen and oxygen atoms in total. The first kappa shape index (κ1) is 22.3. The van der Waals surface area contributed by atoms with Crippen LogP contribution in [0.15, 0.2) is 83.4 Å². The number of carboxylic acid groups (broad SMARTS) is 1. The summed E-state index contributed by atoms with van der Waals surface area (Å²) in [6.07, 6.45) is 1.94. The first-order chi connectivity index (χ1) is 16.3. The number of aromatic nitrogens is 1. The zero-order valence-electron chi connectivity index (χ0n) is 18.7. The van der Waals surface area contributed by atoms with E-state index in [1.807, 2.05) is 79.7 Å². The Morgan fingerprint density at radius 3 is 2.41 bits per heavy atom. The molecule has 0 fully saturated rings. The summed E-state index contributed by atoms with van der Waals surface area (Å²) in [6.45, 7) is 3.70. The van der Waals surface area contributed by atoms with Crippen molar-refractivity contribution in [2.24, 2.45) is 0 Å². The van der Waals surface area contributed by atoms with Crippen molar-refractivity contribution in [2.75, 3.05) is 6.66 Å². The van der Waals surface area contributed by atoms with Crippen molar-refractivity contribution in [3.63, 3.8) is 0 Å². The first-order valence-electron chi connectivity index (χ1n) is 10.8. The van der Waals surface area contributed by atoms with Crippen LogP contribution in [0.5, 0.6) is 0 Å². The lowest BCUT2D eigenvalue weighted by atomic mass is 10.1. The minimum absolute atomic E-state index is 0.207. The molecular formula is C27H22NO4PS. The van der Waals surface area contributed by atoms with E-state index in [-0.39, 0.29) is 11.0 Å². The van der Waals surface area contributed by atoms with Gasteiger partial charge in [0, 0.05) is 34.2 Å². The fraction of sp³-hybridized carbons (Fsp3) is 0.111. The summed E-state index contributed by atoms with van der Waals surface area (Å²) in [5, 5.41) is 10.6. The Morgan fingerprint density at radius 1 is 1.03 bits per heavy atom. The van der Waals surface area contributed by atoms with Crippen LogP contribution in [0.1, 0.15) is 20.8 Å². The van der Waals surface area contributed by atoms with Crippen LogP contribution in [0.4, 0.5) is 0 Å². The summed E-state index contributed by atoms with van der Waals surface area (Å²) in [5.41, 5.74) is 5.04. The molecule has 0 aliphatic rings. The molecule has 5 aromatic rings. The second kappa shape index (κ2) is 8.71. The normalized spacial score (nSPS) is 13.1. The molecule has 7 heteroatoms. The Bertz CT molecular complexity index is 1520. The van der Waals surface area contributed by atoms with Gasteiger partial charge >= 0.3 is 5.97 Å². The SMILES string of the molecule is Cc1ccc(P(C)(=O)Cc2cc(-c3ccc(-c4cc5ncccc5o4)cc3)sc2C(=O)O)cc1. The molecule has 0 amide bonds. The Balaban J connectivity index is 1.45. The molecule has 1 N–H and O–H groups in total. The predicted octanol–water partition coefficient (Wildman–Crippen LogP) is 7.05. The molecule has 0 bridgehead atoms. The number of fused-ring (bicyclic) bond motifs is 1. The van der Waals surface area contributed by atoms with Gasteiger partial charge in [-0.2, -0.15) is 0 Å². The Morgan fingerprint density at radius 2 is 1.74 bits per heavy atom. The molecule has 170 valence electrons. The van der Waals surface area contributed by atoms with E-state index in [0.29, 0.717) is 5.56 Å². The topological polar surface area (TPSA) is 80.4 Å². The van der Waals surface area contributed by atoms with E-state index in [0.717, 1.165) is 43.7 Å². The number of hydrogen-bond donors (Lipinski definition) is 1. The predicted molar refractivity (Wildman–Crippen MR) is 138 cm³/mol. The molecule has 0 spiro atoms. The largest absolute Gasteiger partial charge is 0.477 e. The van der Waals surface area contributed by atoms with Crippen molar-refractivity contribution in [2.45, 2.75) is 13.1 Å². The van der Waals surface area contributed by atoms with Crippen LogP contribution in [-0.2, 0) is 10.7 Å². The quantitative estimate of drug-likeness (QED) is 0.260. The van der Waals surface area contributed by atoms with Crippen molar-refractivity contribution >= 4 is 40.9 Å². The summed E-state index contributed by atoms with van der Waals surface area (Å²) >= 11 is 1.21. The molecule has 3 heterocycles. The Labute approximate surface area is 201 Å². The van der Waals surface area contributed by atoms with Gasteiger partial charge in [0.05, 0.1) is 0 Å². The smallest absolute Gasteiger partial charge is 0.346 e. The van der Waals surface area contributed by atoms with Gasteiger partial charge < -0.3 is 14.1 Å². The Hall–Kier alpha value is -3.47. The number of benzene rings is 2. The highest BCUT2D eigenvalue weighted by atomic mass is 32.1. The summed E-state index contributed by atoms with van der Waals surface area (Å²) in [7, 11) is -2.77. The minimum atomic E-state index is -2.77. The fourth-order valence-corrected chi connectivity index (χ4v) is 6.95. The van der Waals surface area contributed by atoms with E-state index in [1.54, 1.807) is 12.9 Å². The van der Waals surface area contributed by atoms with Gasteiger partial charge in [0.25, 0.3) is 0 Å². The van der Waals surface area contributed by atoms with Crippen LogP contribution < -0.4 is 5.30 Å². The number of carboxylic acids is 1. The standard InChI is InChI=1S/C27H22NO4PS/c1-17-5-11-21(12-6-17)33(2,31)16-20-14-25(34-26(20)27(29)30)19-9-7-18(8-10-19)24-15-22-23(32-24)4-3-13-28-22/h3-15H,16H2,1-2H3,(H,29,30). The van der Waals surface area contributed by atoms with Crippen molar-refractivity contribution < 1.29 is 18.9 Å². The van der Waals surface area contributed by atoms with Gasteiger partial charge in [0.15, 0.2) is 5.58 Å². The van der Waals surface area contributed by atoms with Crippen LogP contribution in [0.25, 0.3) is 32.9 Å². The lowest BCUT2D eigenvalue weighted by Crippen LogP contribution is -2.07. The highest BCUT2D eigenvalue weighted by Crippen LogP contribution is 2.47. The molecule has 0 saturated heterocycles. The Kier molecular flexibility index (Phi) is 5.72. The summed E-state index contributed by atoms with van der Waals surface area (Å²) < 4.78 is 19.4. The van der Waals surface area contributed by atoms with Gasteiger partial charge in [0.2, 0.25) is 0 Å². The number of carbonyl (C=O) groups is 1. The van der Waals surface area contributed by atoms with Gasteiger partial charge in [-0.05, 0) is 42.9 Å². The molecule has 0 saturated carbocycles. The van der Waals surface area contributed by atoms with Crippen molar-refractivity contribution in [1.82, 2.24) is 4.98 Å². The number of nitrogens with zero attached hydrogens (tertiary/aromatic N) is 1. The number of pyridine rings is 1. The molecule has 5 rings (SSSR count). The van der Waals surface area contributed by atoms with Gasteiger partial charge in [-0.25, -0.2) is 4.79 Å². The highest BCUT2D eigenvalue weighted by Gasteiger charge is 2.25. The molecule has 1 unspecified atom stereocenters. The first-order valence-corrected chi connectivity index (χ1v) is 13.9. The zero-order chi connectivity index (χ0) is 23.9. The van der Waals surface area contributed by atoms with E-state index in [1.165, 1.54) is 11.3 Å². The summed E-state index contributed by atoms with van der Waals surface area (Å²) in [5.74, 6) is -0.273. The molecule has 0 radical (unpaired) electrons. The van der Waals surface area contributed by atoms with Gasteiger partial charge in [-0.3, -0.25) is 4.98 Å². The molecular weight excluding hydrogens is 465 g/mol. The monoisotopic (exact) mass is 487 g/mol. The van der Waals surface area contributed by atoms with Crippen molar-refractivity contribution in [1.29, 1.82) is 0 Å². The molecule has 3 aromatic heterocycles. The van der Waals surface area contributed by atoms with Gasteiger partial charge in [-0.1, -0.05) is 54.1 Å². The zero-order valence-corrected chi connectivity index (χ0v) is 20.4. The number of thiophene rings is 1. The maximum atomic E-state index is 13.5. The van der Waals surface area contributed by atoms with Crippen LogP contribution in [0.2, 0.25) is 0 Å². The number of rotatable bonds is 6. The maximum Gasteiger partial charge on any atom is 0.346 e. The van der Waals surface area contributed by atoms with Crippen molar-refractivity contribution in [3.05, 3.63) is 95.0 Å². The van der Waals surface area contributed by atoms with E-state index in [9.17, 15) is 14.5 Å². The third kappa shape index (κ3) is 4.35. The highest BCUT2D eigenvalue weighted by molar-refractivity contribution is 7.70. The average molecular weight is 488 g/mol. The van der Waals surface area contributed by atoms with E-state index in [2.05, 4.69) is 4.98 Å². The molecule has 34 heavy (non-hydrogen) atoms. The number of hydrogen-bond acceptors (Lipinski definition) is 5. The summed E-state index contributed by atoms with van der Waals surface area (Å²) in [4.78, 5) is 17.3. The van der Waals surface area contributed by atoms with Crippen LogP contribution in [0.3, 0.4) is 0 Å². The van der Waals surface area contributed by atoms with Crippen LogP contribution in [0, 0.1) is 6.92 Å². The minimum Gasteiger partial charge on any atom is -0.477 e. The van der Waals surface area contributed by atoms with Gasteiger partial charge in [-0.15, -0.1) is 11.3 Å². The molecule has 0 aliphatic heterocycles. The lowest BCUT2D eigenvalue weighted by Gasteiger charge is -2.13. The average Bonchev–Trinajstić information content (AvgIpc) is 3.44. The number of aromatic carboxylic acids is 1. The third-order valence-electron chi connectivity index (χ3n) is 5.80. The second-order valence-corrected chi connectivity index (χ2v) is 12.5. The fourth-order valence-electron chi connectivity index (χ4n) is 3.96. The van der Waals surface area contributed by atoms with Crippen LogP contribution in [-0.4, -0.2) is 22.7 Å². The van der Waals surface area contributed by atoms with Crippen molar-refractivity contribution in [3.8, 4) is 21.8 Å². The van der Waals surface area contributed by atoms with E-state index < -0.39 is 13.1 Å².